The molecule has 1 heterocycles. The lowest BCUT2D eigenvalue weighted by molar-refractivity contribution is -0.211. The third-order valence-corrected chi connectivity index (χ3v) is 2.02. The number of esters is 2. The molecule has 0 fully saturated rings. The van der Waals surface area contributed by atoms with E-state index in [1.54, 1.807) is 0 Å². The zero-order chi connectivity index (χ0) is 17.0. The van der Waals surface area contributed by atoms with Crippen LogP contribution in [0, 0.1) is 0 Å². The van der Waals surface area contributed by atoms with Gasteiger partial charge in [0.05, 0.1) is 5.56 Å². The predicted molar refractivity (Wildman–Crippen MR) is 56.9 cm³/mol. The Kier molecular flexibility index (Phi) is 5.33. The molecule has 1 aromatic heterocycles. The first-order valence-corrected chi connectivity index (χ1v) is 5.41. The largest absolute Gasteiger partial charge is 0.429 e. The van der Waals surface area contributed by atoms with Gasteiger partial charge in [-0.25, -0.2) is 23.4 Å². The highest BCUT2D eigenvalue weighted by Crippen LogP contribution is 2.22. The van der Waals surface area contributed by atoms with Crippen LogP contribution in [-0.4, -0.2) is 42.5 Å². The molecule has 0 spiro atoms. The molecule has 0 N–H and O–H groups in total. The number of hydrogen-bond donors (Lipinski definition) is 0. The van der Waals surface area contributed by atoms with Crippen LogP contribution in [0.2, 0.25) is 0 Å². The van der Waals surface area contributed by atoms with E-state index >= 15 is 0 Å². The molecule has 122 valence electrons. The van der Waals surface area contributed by atoms with Crippen molar-refractivity contribution in [2.24, 2.45) is 0 Å². The van der Waals surface area contributed by atoms with E-state index < -0.39 is 48.8 Å². The maximum Gasteiger partial charge on any atom is 0.429 e. The van der Waals surface area contributed by atoms with E-state index in [1.165, 1.54) is 0 Å². The van der Waals surface area contributed by atoms with Gasteiger partial charge in [0.15, 0.2) is 19.0 Å². The van der Waals surface area contributed by atoms with Gasteiger partial charge < -0.3 is 9.47 Å². The summed E-state index contributed by atoms with van der Waals surface area (Å²) in [6.45, 7) is -4.68. The molecule has 0 radical (unpaired) electrons. The maximum atomic E-state index is 12.6. The van der Waals surface area contributed by atoms with Gasteiger partial charge in [0.1, 0.15) is 0 Å². The second-order valence-electron chi connectivity index (χ2n) is 3.72. The molecule has 0 bridgehead atoms. The lowest BCUT2D eigenvalue weighted by atomic mass is 10.2. The van der Waals surface area contributed by atoms with E-state index in [2.05, 4.69) is 14.5 Å². The van der Waals surface area contributed by atoms with E-state index in [1.807, 2.05) is 0 Å². The molecule has 0 unspecified atom stereocenters. The first-order valence-electron chi connectivity index (χ1n) is 5.41. The summed E-state index contributed by atoms with van der Waals surface area (Å²) in [5, 5.41) is 0. The summed E-state index contributed by atoms with van der Waals surface area (Å²) in [5.74, 6) is -3.84. The van der Waals surface area contributed by atoms with Crippen molar-refractivity contribution in [1.82, 2.24) is 4.98 Å². The summed E-state index contributed by atoms with van der Waals surface area (Å²) in [6, 6.07) is 1.72. The van der Waals surface area contributed by atoms with Crippen molar-refractivity contribution in [3.05, 3.63) is 29.6 Å². The fourth-order valence-corrected chi connectivity index (χ4v) is 1.16. The Hall–Kier alpha value is -2.33. The minimum absolute atomic E-state index is 0.730. The van der Waals surface area contributed by atoms with Crippen molar-refractivity contribution in [1.29, 1.82) is 0 Å². The number of aromatic nitrogens is 1. The van der Waals surface area contributed by atoms with Crippen LogP contribution in [0.15, 0.2) is 18.3 Å². The molecule has 22 heavy (non-hydrogen) atoms. The number of carbonyl (C=O) groups excluding carboxylic acids is 2. The summed E-state index contributed by atoms with van der Waals surface area (Å²) in [5.41, 5.74) is -2.09. The van der Waals surface area contributed by atoms with Gasteiger partial charge in [-0.2, -0.15) is 17.6 Å². The number of carbonyl (C=O) groups is 2. The summed E-state index contributed by atoms with van der Waals surface area (Å²) >= 11 is 0. The molecule has 0 atom stereocenters. The van der Waals surface area contributed by atoms with E-state index in [0.29, 0.717) is 0 Å². The number of alkyl halides is 6. The van der Waals surface area contributed by atoms with Crippen LogP contribution in [0.3, 0.4) is 0 Å². The number of pyridine rings is 1. The molecule has 0 aliphatic carbocycles. The van der Waals surface area contributed by atoms with Crippen LogP contribution in [0.25, 0.3) is 0 Å². The normalized spacial score (nSPS) is 11.9. The van der Waals surface area contributed by atoms with E-state index in [9.17, 15) is 35.9 Å². The van der Waals surface area contributed by atoms with Crippen molar-refractivity contribution in [3.8, 4) is 0 Å². The molecule has 0 aliphatic rings. The van der Waals surface area contributed by atoms with Gasteiger partial charge in [-0.3, -0.25) is 0 Å². The Labute approximate surface area is 118 Å². The topological polar surface area (TPSA) is 65.5 Å². The lowest BCUT2D eigenvalue weighted by Crippen LogP contribution is -2.31. The Morgan fingerprint density at radius 3 is 2.00 bits per heavy atom. The van der Waals surface area contributed by atoms with Crippen LogP contribution < -0.4 is 0 Å². The van der Waals surface area contributed by atoms with E-state index in [-0.39, 0.29) is 0 Å². The molecule has 0 aliphatic heterocycles. The second kappa shape index (κ2) is 6.62. The number of hydrogen-bond acceptors (Lipinski definition) is 5. The molecule has 0 saturated heterocycles. The summed E-state index contributed by atoms with van der Waals surface area (Å²) in [6.07, 6.45) is -8.11. The van der Waals surface area contributed by atoms with Crippen molar-refractivity contribution in [2.75, 3.05) is 13.3 Å². The van der Waals surface area contributed by atoms with Gasteiger partial charge >= 0.3 is 24.2 Å². The third-order valence-electron chi connectivity index (χ3n) is 2.02. The first-order chi connectivity index (χ1) is 10.1. The zero-order valence-electron chi connectivity index (χ0n) is 10.5. The molecule has 0 aromatic carbocycles. The van der Waals surface area contributed by atoms with Crippen molar-refractivity contribution in [2.45, 2.75) is 12.2 Å². The summed E-state index contributed by atoms with van der Waals surface area (Å²) in [4.78, 5) is 26.0. The zero-order valence-corrected chi connectivity index (χ0v) is 10.5. The standard InChI is InChI=1S/C11H7F6NO4/c12-4-10(14,15)21-8(19)6-2-1-3-18-7(6)9(20)22-11(16,17)5-13/h1-3H,4-5H2. The minimum atomic E-state index is -4.49. The van der Waals surface area contributed by atoms with Crippen molar-refractivity contribution >= 4 is 11.9 Å². The maximum absolute atomic E-state index is 12.6. The highest BCUT2D eigenvalue weighted by molar-refractivity contribution is 6.01. The van der Waals surface area contributed by atoms with Crippen LogP contribution >= 0.6 is 0 Å². The molecule has 1 rings (SSSR count). The average Bonchev–Trinajstić information content (AvgIpc) is 2.46. The molecular formula is C11H7F6NO4. The number of ether oxygens (including phenoxy) is 2. The van der Waals surface area contributed by atoms with E-state index in [4.69, 9.17) is 0 Å². The SMILES string of the molecule is O=C(OC(F)(F)CF)c1cccnc1C(=O)OC(F)(F)CF. The van der Waals surface area contributed by atoms with Gasteiger partial charge in [-0.15, -0.1) is 0 Å². The highest BCUT2D eigenvalue weighted by Gasteiger charge is 2.38. The van der Waals surface area contributed by atoms with Crippen LogP contribution in [0.4, 0.5) is 26.3 Å². The Balaban J connectivity index is 3.04. The predicted octanol–water partition coefficient (Wildman–Crippen LogP) is 2.52. The van der Waals surface area contributed by atoms with Gasteiger partial charge in [-0.05, 0) is 12.1 Å². The van der Waals surface area contributed by atoms with E-state index in [0.717, 1.165) is 18.3 Å². The quantitative estimate of drug-likeness (QED) is 0.592. The third kappa shape index (κ3) is 4.60. The number of rotatable bonds is 6. The summed E-state index contributed by atoms with van der Waals surface area (Å²) in [7, 11) is 0. The van der Waals surface area contributed by atoms with Crippen molar-refractivity contribution in [3.63, 3.8) is 0 Å². The van der Waals surface area contributed by atoms with Gasteiger partial charge in [0, 0.05) is 6.20 Å². The smallest absolute Gasteiger partial charge is 0.395 e. The highest BCUT2D eigenvalue weighted by atomic mass is 19.3. The molecule has 0 amide bonds. The minimum Gasteiger partial charge on any atom is -0.395 e. The van der Waals surface area contributed by atoms with Gasteiger partial charge in [0.25, 0.3) is 0 Å². The van der Waals surface area contributed by atoms with Gasteiger partial charge in [-0.1, -0.05) is 0 Å². The number of halogens is 6. The van der Waals surface area contributed by atoms with Crippen LogP contribution in [-0.2, 0) is 9.47 Å². The Bertz CT molecular complexity index is 516. The average molecular weight is 331 g/mol. The Morgan fingerprint density at radius 1 is 1.00 bits per heavy atom. The summed E-state index contributed by atoms with van der Waals surface area (Å²) < 4.78 is 81.2. The molecule has 5 nitrogen and oxygen atoms in total. The molecule has 0 saturated carbocycles. The monoisotopic (exact) mass is 331 g/mol. The molecular weight excluding hydrogens is 324 g/mol. The lowest BCUT2D eigenvalue weighted by Gasteiger charge is -2.15. The first kappa shape index (κ1) is 17.7. The van der Waals surface area contributed by atoms with Crippen LogP contribution in [0.1, 0.15) is 20.8 Å². The van der Waals surface area contributed by atoms with Gasteiger partial charge in [0.2, 0.25) is 0 Å². The fourth-order valence-electron chi connectivity index (χ4n) is 1.16. The number of nitrogens with zero attached hydrogens (tertiary/aromatic N) is 1. The van der Waals surface area contributed by atoms with Crippen LogP contribution in [0.5, 0.6) is 0 Å². The molecule has 1 aromatic rings. The second-order valence-corrected chi connectivity index (χ2v) is 3.72. The molecule has 11 heteroatoms. The van der Waals surface area contributed by atoms with Crippen molar-refractivity contribution < 1.29 is 45.4 Å². The Morgan fingerprint density at radius 2 is 1.50 bits per heavy atom. The fraction of sp³-hybridized carbons (Fsp3) is 0.364.